The molecule has 0 amide bonds. The molecule has 1 unspecified atom stereocenters. The molecule has 0 radical (unpaired) electrons. The maximum Gasteiger partial charge on any atom is 0.439 e. The Morgan fingerprint density at radius 3 is 2.20 bits per heavy atom. The Labute approximate surface area is 123 Å². The van der Waals surface area contributed by atoms with Crippen LogP contribution in [0, 0.1) is 0 Å². The van der Waals surface area contributed by atoms with Crippen LogP contribution in [0.2, 0.25) is 9.49 Å². The Balaban J connectivity index is 2.73. The molecule has 2 aromatic rings. The number of rotatable bonds is 2. The number of carbonyl (C=O) groups is 1. The first-order chi connectivity index (χ1) is 9.21. The summed E-state index contributed by atoms with van der Waals surface area (Å²) in [5.74, 6) is -1.95. The average Bonchev–Trinajstić information content (AvgIpc) is 2.68. The molecular formula is C11H4Cl2F3NO2S. The monoisotopic (exact) mass is 341 g/mol. The molecule has 0 fully saturated rings. The molecule has 0 N–H and O–H groups in total. The van der Waals surface area contributed by atoms with Gasteiger partial charge in [0.1, 0.15) is 5.97 Å². The number of hydrogen-bond acceptors (Lipinski definition) is 3. The van der Waals surface area contributed by atoms with Crippen molar-refractivity contribution in [2.45, 2.75) is 6.18 Å². The Bertz CT molecular complexity index is 668. The van der Waals surface area contributed by atoms with Gasteiger partial charge in [-0.2, -0.15) is 18.2 Å². The van der Waals surface area contributed by atoms with Crippen molar-refractivity contribution < 1.29 is 23.1 Å². The van der Waals surface area contributed by atoms with Gasteiger partial charge in [-0.1, -0.05) is 11.6 Å². The molecule has 0 aliphatic rings. The minimum Gasteiger partial charge on any atom is -0.540 e. The van der Waals surface area contributed by atoms with E-state index in [1.165, 1.54) is 24.3 Å². The summed E-state index contributed by atoms with van der Waals surface area (Å²) in [7, 11) is -1.63. The zero-order valence-corrected chi connectivity index (χ0v) is 11.7. The van der Waals surface area contributed by atoms with Crippen LogP contribution in [0.1, 0.15) is 15.4 Å². The molecule has 0 aliphatic carbocycles. The number of carbonyl (C=O) groups excluding carboxylic acids is 1. The molecule has 9 heteroatoms. The van der Waals surface area contributed by atoms with Gasteiger partial charge < -0.3 is 9.90 Å². The highest BCUT2D eigenvalue weighted by Gasteiger charge is 2.45. The van der Waals surface area contributed by atoms with Crippen LogP contribution in [0.3, 0.4) is 0 Å². The van der Waals surface area contributed by atoms with Gasteiger partial charge >= 0.3 is 10.6 Å². The molecule has 0 saturated carbocycles. The summed E-state index contributed by atoms with van der Waals surface area (Å²) in [5, 5.41) is 11.4. The second kappa shape index (κ2) is 5.23. The number of nitrogens with zero attached hydrogens (tertiary/aromatic N) is 1. The maximum absolute atomic E-state index is 12.8. The quantitative estimate of drug-likeness (QED) is 0.785. The van der Waals surface area contributed by atoms with Crippen LogP contribution in [-0.2, 0) is 6.18 Å². The van der Waals surface area contributed by atoms with E-state index >= 15 is 0 Å². The molecule has 0 aliphatic heterocycles. The fourth-order valence-electron chi connectivity index (χ4n) is 1.52. The van der Waals surface area contributed by atoms with Crippen molar-refractivity contribution in [1.82, 2.24) is 4.98 Å². The molecule has 1 atom stereocenters. The topological polar surface area (TPSA) is 53.0 Å². The summed E-state index contributed by atoms with van der Waals surface area (Å²) in [4.78, 5) is 13.5. The molecule has 1 heterocycles. The van der Waals surface area contributed by atoms with Crippen LogP contribution >= 0.6 is 33.7 Å². The SMILES string of the molecule is O=C([O-])c1c(C(F)(F)F)nc(Cl)[s+]1-c1ccc(Cl)cc1. The molecule has 0 bridgehead atoms. The third kappa shape index (κ3) is 2.74. The molecule has 106 valence electrons. The standard InChI is InChI=1S/C11H4Cl2F3NO2S/c12-5-1-3-6(4-2-5)20-7(9(18)19)8(11(14,15)16)17-10(20)13/h1-4H. The maximum atomic E-state index is 12.8. The summed E-state index contributed by atoms with van der Waals surface area (Å²) in [6.45, 7) is 0. The van der Waals surface area contributed by atoms with Crippen molar-refractivity contribution in [2.75, 3.05) is 0 Å². The molecular weight excluding hydrogens is 338 g/mol. The van der Waals surface area contributed by atoms with E-state index in [4.69, 9.17) is 23.2 Å². The predicted octanol–water partition coefficient (Wildman–Crippen LogP) is 3.51. The van der Waals surface area contributed by atoms with E-state index in [1.807, 2.05) is 0 Å². The van der Waals surface area contributed by atoms with Gasteiger partial charge in [0.05, 0.1) is 10.5 Å². The second-order valence-electron chi connectivity index (χ2n) is 3.59. The molecule has 2 rings (SSSR count). The summed E-state index contributed by atoms with van der Waals surface area (Å²) >= 11 is 11.4. The van der Waals surface area contributed by atoms with Crippen LogP contribution in [0.15, 0.2) is 24.3 Å². The van der Waals surface area contributed by atoms with Gasteiger partial charge in [0.15, 0.2) is 4.90 Å². The normalized spacial score (nSPS) is 12.6. The van der Waals surface area contributed by atoms with Crippen LogP contribution < -0.4 is 5.11 Å². The number of carboxylic acids is 1. The first-order valence-electron chi connectivity index (χ1n) is 4.98. The molecule has 0 saturated heterocycles. The fraction of sp³-hybridized carbons (Fsp3) is 0.0909. The highest BCUT2D eigenvalue weighted by molar-refractivity contribution is 7.43. The lowest BCUT2D eigenvalue weighted by Crippen LogP contribution is -2.25. The van der Waals surface area contributed by atoms with E-state index in [1.54, 1.807) is 0 Å². The Morgan fingerprint density at radius 1 is 1.20 bits per heavy atom. The number of benzene rings is 1. The number of hydrogen-bond donors (Lipinski definition) is 0. The minimum atomic E-state index is -4.91. The summed E-state index contributed by atoms with van der Waals surface area (Å²) < 4.78 is 37.9. The highest BCUT2D eigenvalue weighted by atomic mass is 35.5. The number of aromatic nitrogens is 1. The van der Waals surface area contributed by atoms with Gasteiger partial charge in [0.25, 0.3) is 0 Å². The number of carboxylic acid groups (broad SMARTS) is 1. The minimum absolute atomic E-state index is 0.265. The number of aromatic carboxylic acids is 1. The summed E-state index contributed by atoms with van der Waals surface area (Å²) in [6, 6.07) is 5.64. The number of halogens is 5. The van der Waals surface area contributed by atoms with Crippen molar-refractivity contribution >= 4 is 39.6 Å². The van der Waals surface area contributed by atoms with E-state index in [0.29, 0.717) is 5.02 Å². The van der Waals surface area contributed by atoms with Gasteiger partial charge in [-0.25, -0.2) is 0 Å². The van der Waals surface area contributed by atoms with Gasteiger partial charge in [-0.15, -0.1) is 0 Å². The van der Waals surface area contributed by atoms with E-state index in [0.717, 1.165) is 0 Å². The fourth-order valence-corrected chi connectivity index (χ4v) is 3.94. The van der Waals surface area contributed by atoms with Crippen molar-refractivity contribution in [3.8, 4) is 4.90 Å². The number of alkyl halides is 3. The average molecular weight is 342 g/mol. The smallest absolute Gasteiger partial charge is 0.439 e. The van der Waals surface area contributed by atoms with Crippen molar-refractivity contribution in [3.05, 3.63) is 44.3 Å². The molecule has 1 aromatic heterocycles. The Morgan fingerprint density at radius 2 is 1.75 bits per heavy atom. The van der Waals surface area contributed by atoms with Crippen LogP contribution in [0.25, 0.3) is 4.90 Å². The second-order valence-corrected chi connectivity index (χ2v) is 6.49. The van der Waals surface area contributed by atoms with E-state index in [-0.39, 0.29) is 4.90 Å². The summed E-state index contributed by atoms with van der Waals surface area (Å²) in [6.07, 6.45) is -4.91. The summed E-state index contributed by atoms with van der Waals surface area (Å²) in [5.41, 5.74) is -1.53. The third-order valence-corrected chi connectivity index (χ3v) is 5.03. The van der Waals surface area contributed by atoms with Gasteiger partial charge in [0, 0.05) is 5.02 Å². The highest BCUT2D eigenvalue weighted by Crippen LogP contribution is 2.47. The van der Waals surface area contributed by atoms with Gasteiger partial charge in [-0.05, 0) is 35.9 Å². The first-order valence-corrected chi connectivity index (χ1v) is 6.96. The largest absolute Gasteiger partial charge is 0.540 e. The number of thiazole rings is 1. The van der Waals surface area contributed by atoms with Crippen LogP contribution in [0.4, 0.5) is 13.2 Å². The molecule has 20 heavy (non-hydrogen) atoms. The zero-order chi connectivity index (χ0) is 15.1. The van der Waals surface area contributed by atoms with E-state index < -0.39 is 37.7 Å². The predicted molar refractivity (Wildman–Crippen MR) is 67.4 cm³/mol. The van der Waals surface area contributed by atoms with Gasteiger partial charge in [0.2, 0.25) is 10.6 Å². The molecule has 0 spiro atoms. The van der Waals surface area contributed by atoms with E-state index in [9.17, 15) is 23.1 Å². The van der Waals surface area contributed by atoms with Crippen LogP contribution in [-0.4, -0.2) is 11.0 Å². The van der Waals surface area contributed by atoms with Crippen molar-refractivity contribution in [2.24, 2.45) is 0 Å². The Kier molecular flexibility index (Phi) is 3.95. The lowest BCUT2D eigenvalue weighted by molar-refractivity contribution is -0.255. The van der Waals surface area contributed by atoms with Crippen molar-refractivity contribution in [3.63, 3.8) is 0 Å². The molecule has 3 nitrogen and oxygen atoms in total. The Hall–Kier alpha value is -1.31. The van der Waals surface area contributed by atoms with E-state index in [2.05, 4.69) is 4.98 Å². The first kappa shape index (κ1) is 15.1. The lowest BCUT2D eigenvalue weighted by Gasteiger charge is -2.03. The van der Waals surface area contributed by atoms with Crippen molar-refractivity contribution in [1.29, 1.82) is 0 Å². The zero-order valence-electron chi connectivity index (χ0n) is 9.37. The van der Waals surface area contributed by atoms with Crippen LogP contribution in [0.5, 0.6) is 0 Å². The third-order valence-electron chi connectivity index (χ3n) is 2.29. The lowest BCUT2D eigenvalue weighted by atomic mass is 10.3. The van der Waals surface area contributed by atoms with Gasteiger partial charge in [-0.3, -0.25) is 0 Å². The molecule has 1 aromatic carbocycles.